The Morgan fingerprint density at radius 1 is 0.692 bits per heavy atom. The monoisotopic (exact) mass is 502 g/mol. The number of rotatable bonds is 4. The third-order valence-corrected chi connectivity index (χ3v) is 6.83. The van der Waals surface area contributed by atoms with E-state index in [0.717, 1.165) is 41.0 Å². The van der Waals surface area contributed by atoms with Crippen LogP contribution < -0.4 is 0 Å². The molecule has 5 heteroatoms. The largest absolute Gasteiger partial charge is 0.287 e. The van der Waals surface area contributed by atoms with Gasteiger partial charge in [0.2, 0.25) is 5.78 Å². The van der Waals surface area contributed by atoms with Gasteiger partial charge in [-0.05, 0) is 58.3 Å². The van der Waals surface area contributed by atoms with E-state index < -0.39 is 0 Å². The van der Waals surface area contributed by atoms with Crippen LogP contribution >= 0.6 is 54.5 Å². The van der Waals surface area contributed by atoms with Gasteiger partial charge in [-0.3, -0.25) is 4.79 Å². The summed E-state index contributed by atoms with van der Waals surface area (Å²) in [6, 6.07) is 20.2. The fraction of sp³-hybridized carbons (Fsp3) is 0. The number of carbonyl (C=O) groups excluding carboxylic acids is 1. The van der Waals surface area contributed by atoms with Gasteiger partial charge in [-0.25, -0.2) is 0 Å². The van der Waals surface area contributed by atoms with Crippen molar-refractivity contribution in [1.82, 2.24) is 0 Å². The minimum atomic E-state index is 0.0833. The van der Waals surface area contributed by atoms with E-state index in [1.54, 1.807) is 0 Å². The van der Waals surface area contributed by atoms with Crippen LogP contribution in [-0.2, 0) is 0 Å². The first-order valence-corrected chi connectivity index (χ1v) is 11.2. The van der Waals surface area contributed by atoms with Gasteiger partial charge in [0.25, 0.3) is 0 Å². The van der Waals surface area contributed by atoms with Gasteiger partial charge >= 0.3 is 0 Å². The molecule has 4 aromatic rings. The summed E-state index contributed by atoms with van der Waals surface area (Å²) in [4.78, 5) is 14.9. The molecule has 128 valence electrons. The lowest BCUT2D eigenvalue weighted by Gasteiger charge is -2.06. The predicted octanol–water partition coefficient (Wildman–Crippen LogP) is 7.90. The molecule has 0 spiro atoms. The van der Waals surface area contributed by atoms with Crippen molar-refractivity contribution in [2.45, 2.75) is 0 Å². The van der Waals surface area contributed by atoms with E-state index in [1.165, 1.54) is 22.7 Å². The molecule has 0 radical (unpaired) electrons. The summed E-state index contributed by atoms with van der Waals surface area (Å²) in [5.41, 5.74) is 4.05. The SMILES string of the molecule is O=C(c1sccc1-c1cccc(Br)c1)c1sccc1-c1cccc(Br)c1. The molecule has 26 heavy (non-hydrogen) atoms. The van der Waals surface area contributed by atoms with Crippen LogP contribution in [-0.4, -0.2) is 5.78 Å². The van der Waals surface area contributed by atoms with E-state index in [2.05, 4.69) is 31.9 Å². The molecular formula is C21H12Br2OS2. The van der Waals surface area contributed by atoms with Gasteiger partial charge in [0, 0.05) is 20.1 Å². The molecule has 2 aromatic heterocycles. The quantitative estimate of drug-likeness (QED) is 0.258. The van der Waals surface area contributed by atoms with Crippen LogP contribution in [0.5, 0.6) is 0 Å². The van der Waals surface area contributed by atoms with Crippen LogP contribution in [0.2, 0.25) is 0 Å². The number of hydrogen-bond donors (Lipinski definition) is 0. The Morgan fingerprint density at radius 3 is 1.58 bits per heavy atom. The van der Waals surface area contributed by atoms with Gasteiger partial charge in [0.05, 0.1) is 9.75 Å². The molecule has 0 unspecified atom stereocenters. The molecule has 1 nitrogen and oxygen atoms in total. The van der Waals surface area contributed by atoms with Gasteiger partial charge in [-0.2, -0.15) is 0 Å². The van der Waals surface area contributed by atoms with Gasteiger partial charge in [0.1, 0.15) is 0 Å². The number of hydrogen-bond acceptors (Lipinski definition) is 3. The van der Waals surface area contributed by atoms with Crippen molar-refractivity contribution >= 4 is 60.3 Å². The highest BCUT2D eigenvalue weighted by molar-refractivity contribution is 9.10. The summed E-state index contributed by atoms with van der Waals surface area (Å²) in [5, 5.41) is 3.96. The van der Waals surface area contributed by atoms with Crippen molar-refractivity contribution in [3.8, 4) is 22.3 Å². The summed E-state index contributed by atoms with van der Waals surface area (Å²) in [6.45, 7) is 0. The van der Waals surface area contributed by atoms with E-state index in [4.69, 9.17) is 0 Å². The Morgan fingerprint density at radius 2 is 1.15 bits per heavy atom. The fourth-order valence-corrected chi connectivity index (χ4v) is 5.43. The lowest BCUT2D eigenvalue weighted by molar-refractivity contribution is 0.104. The first kappa shape index (κ1) is 17.9. The normalized spacial score (nSPS) is 10.8. The highest BCUT2D eigenvalue weighted by atomic mass is 79.9. The summed E-state index contributed by atoms with van der Waals surface area (Å²) in [6.07, 6.45) is 0. The molecular weight excluding hydrogens is 492 g/mol. The highest BCUT2D eigenvalue weighted by Gasteiger charge is 2.21. The third-order valence-electron chi connectivity index (χ3n) is 4.01. The molecule has 0 aliphatic rings. The summed E-state index contributed by atoms with van der Waals surface area (Å²) >= 11 is 10.0. The van der Waals surface area contributed by atoms with E-state index >= 15 is 0 Å². The van der Waals surface area contributed by atoms with Gasteiger partial charge in [-0.1, -0.05) is 56.1 Å². The van der Waals surface area contributed by atoms with Crippen molar-refractivity contribution in [2.75, 3.05) is 0 Å². The fourth-order valence-electron chi connectivity index (χ4n) is 2.84. The summed E-state index contributed by atoms with van der Waals surface area (Å²) < 4.78 is 2.01. The number of thiophene rings is 2. The predicted molar refractivity (Wildman–Crippen MR) is 118 cm³/mol. The van der Waals surface area contributed by atoms with Crippen LogP contribution in [0.3, 0.4) is 0 Å². The number of halogens is 2. The maximum absolute atomic E-state index is 13.3. The molecule has 0 aliphatic carbocycles. The second-order valence-corrected chi connectivity index (χ2v) is 9.34. The zero-order chi connectivity index (χ0) is 18.1. The molecule has 0 N–H and O–H groups in total. The average molecular weight is 504 g/mol. The van der Waals surface area contributed by atoms with Crippen molar-refractivity contribution in [2.24, 2.45) is 0 Å². The standard InChI is InChI=1S/C21H12Br2OS2/c22-15-5-1-3-13(11-15)17-7-9-25-20(17)19(24)21-18(8-10-26-21)14-4-2-6-16(23)12-14/h1-12H. The zero-order valence-electron chi connectivity index (χ0n) is 13.4. The average Bonchev–Trinajstić information content (AvgIpc) is 3.31. The maximum Gasteiger partial charge on any atom is 0.214 e. The van der Waals surface area contributed by atoms with E-state index in [-0.39, 0.29) is 5.78 Å². The minimum absolute atomic E-state index is 0.0833. The van der Waals surface area contributed by atoms with Crippen LogP contribution in [0.15, 0.2) is 80.4 Å². The van der Waals surface area contributed by atoms with E-state index in [9.17, 15) is 4.79 Å². The van der Waals surface area contributed by atoms with Crippen molar-refractivity contribution in [3.05, 3.63) is 90.1 Å². The molecule has 0 aliphatic heterocycles. The number of carbonyl (C=O) groups is 1. The van der Waals surface area contributed by atoms with E-state index in [0.29, 0.717) is 0 Å². The van der Waals surface area contributed by atoms with Crippen molar-refractivity contribution < 1.29 is 4.79 Å². The minimum Gasteiger partial charge on any atom is -0.287 e. The number of ketones is 1. The smallest absolute Gasteiger partial charge is 0.214 e. The van der Waals surface area contributed by atoms with Crippen molar-refractivity contribution in [3.63, 3.8) is 0 Å². The Hall–Kier alpha value is -1.53. The second-order valence-electron chi connectivity index (χ2n) is 5.68. The van der Waals surface area contributed by atoms with Crippen LogP contribution in [0.25, 0.3) is 22.3 Å². The Balaban J connectivity index is 1.78. The van der Waals surface area contributed by atoms with Crippen LogP contribution in [0, 0.1) is 0 Å². The molecule has 2 aromatic carbocycles. The Bertz CT molecular complexity index is 1010. The molecule has 0 atom stereocenters. The molecule has 4 rings (SSSR count). The van der Waals surface area contributed by atoms with Gasteiger partial charge < -0.3 is 0 Å². The maximum atomic E-state index is 13.3. The van der Waals surface area contributed by atoms with E-state index in [1.807, 2.05) is 71.4 Å². The Labute approximate surface area is 176 Å². The van der Waals surface area contributed by atoms with Crippen LogP contribution in [0.4, 0.5) is 0 Å². The lowest BCUT2D eigenvalue weighted by atomic mass is 10.0. The molecule has 0 fully saturated rings. The second kappa shape index (κ2) is 7.61. The van der Waals surface area contributed by atoms with Crippen molar-refractivity contribution in [1.29, 1.82) is 0 Å². The molecule has 0 bridgehead atoms. The van der Waals surface area contributed by atoms with Gasteiger partial charge in [-0.15, -0.1) is 22.7 Å². The first-order valence-electron chi connectivity index (χ1n) is 7.85. The molecule has 0 amide bonds. The summed E-state index contributed by atoms with van der Waals surface area (Å²) in [5.74, 6) is 0.0833. The number of benzene rings is 2. The third kappa shape index (κ3) is 3.49. The highest BCUT2D eigenvalue weighted by Crippen LogP contribution is 2.36. The Kier molecular flexibility index (Phi) is 5.23. The summed E-state index contributed by atoms with van der Waals surface area (Å²) in [7, 11) is 0. The topological polar surface area (TPSA) is 17.1 Å². The van der Waals surface area contributed by atoms with Gasteiger partial charge in [0.15, 0.2) is 0 Å². The lowest BCUT2D eigenvalue weighted by Crippen LogP contribution is -1.99. The first-order chi connectivity index (χ1) is 12.6. The molecule has 2 heterocycles. The molecule has 0 saturated carbocycles. The zero-order valence-corrected chi connectivity index (χ0v) is 18.2. The van der Waals surface area contributed by atoms with Crippen LogP contribution in [0.1, 0.15) is 14.5 Å². The molecule has 0 saturated heterocycles.